The average molecular weight is 1660 g/mol. The van der Waals surface area contributed by atoms with E-state index in [1.54, 1.807) is 30.5 Å². The number of nitrogens with two attached hydrogens (primary N) is 4. The van der Waals surface area contributed by atoms with Crippen molar-refractivity contribution in [2.45, 2.75) is 227 Å². The lowest BCUT2D eigenvalue weighted by Crippen LogP contribution is -2.61. The molecule has 0 aliphatic carbocycles. The minimum absolute atomic E-state index is 0.0159. The molecule has 2 saturated heterocycles. The molecule has 0 radical (unpaired) electrons. The Hall–Kier alpha value is -12.6. The minimum atomic E-state index is -1.91. The number of unbranched alkanes of at least 4 members (excludes halogenated alkanes) is 1. The molecule has 28 N–H and O–H groups in total. The number of hydrogen-bond donors (Lipinski definition) is 24. The summed E-state index contributed by atoms with van der Waals surface area (Å²) in [6, 6.07) is -7.12. The Bertz CT molecular complexity index is 4110. The number of likely N-dealkylation sites (tertiary alicyclic amines) is 2. The number of aliphatic carboxylic acids is 4. The summed E-state index contributed by atoms with van der Waals surface area (Å²) in [6.45, 7) is 2.52. The summed E-state index contributed by atoms with van der Waals surface area (Å²) < 4.78 is 0. The number of H-pyrrole nitrogens is 1. The van der Waals surface area contributed by atoms with Gasteiger partial charge in [0.25, 0.3) is 0 Å². The molecule has 44 nitrogen and oxygen atoms in total. The maximum absolute atomic E-state index is 14.6. The average Bonchev–Trinajstić information content (AvgIpc) is 1.60. The number of benzene rings is 2. The van der Waals surface area contributed by atoms with Crippen LogP contribution in [0.5, 0.6) is 5.75 Å². The molecule has 44 heteroatoms. The van der Waals surface area contributed by atoms with Gasteiger partial charge in [0.15, 0.2) is 5.96 Å². The number of aliphatic hydroxyl groups is 1. The zero-order valence-corrected chi connectivity index (χ0v) is 65.5. The molecular formula is C74H108N20O24. The van der Waals surface area contributed by atoms with Crippen LogP contribution in [0.3, 0.4) is 0 Å². The number of carbonyl (C=O) groups excluding carboxylic acids is 14. The van der Waals surface area contributed by atoms with E-state index in [9.17, 15) is 117 Å². The molecule has 648 valence electrons. The molecule has 0 unspecified atom stereocenters. The zero-order valence-electron chi connectivity index (χ0n) is 65.5. The van der Waals surface area contributed by atoms with E-state index in [0.717, 1.165) is 18.7 Å². The highest BCUT2D eigenvalue weighted by molar-refractivity contribution is 6.01. The van der Waals surface area contributed by atoms with Crippen molar-refractivity contribution in [3.8, 4) is 5.75 Å². The van der Waals surface area contributed by atoms with Gasteiger partial charge in [-0.05, 0) is 140 Å². The normalized spacial score (nSPS) is 16.7. The van der Waals surface area contributed by atoms with Crippen LogP contribution in [0.2, 0.25) is 0 Å². The molecule has 3 heterocycles. The molecule has 0 saturated carbocycles. The second-order valence-electron chi connectivity index (χ2n) is 28.7. The second kappa shape index (κ2) is 47.4. The van der Waals surface area contributed by atoms with E-state index in [1.165, 1.54) is 36.1 Å². The van der Waals surface area contributed by atoms with Crippen LogP contribution in [0.25, 0.3) is 10.9 Å². The number of phenolic OH excluding ortho intramolecular Hbond substituents is 1. The number of guanidine groups is 1. The number of aliphatic hydroxyl groups excluding tert-OH is 1. The van der Waals surface area contributed by atoms with E-state index in [2.05, 4.69) is 68.8 Å². The summed E-state index contributed by atoms with van der Waals surface area (Å²) in [6.07, 6.45) is -4.03. The number of aromatic hydroxyl groups is 1. The second-order valence-corrected chi connectivity index (χ2v) is 28.7. The lowest BCUT2D eigenvalue weighted by atomic mass is 10.0. The number of carbonyl (C=O) groups is 18. The first-order chi connectivity index (χ1) is 55.8. The summed E-state index contributed by atoms with van der Waals surface area (Å²) in [4.78, 5) is 246. The molecule has 5 rings (SSSR count). The van der Waals surface area contributed by atoms with Gasteiger partial charge in [0.05, 0.1) is 18.7 Å². The Morgan fingerprint density at radius 2 is 0.992 bits per heavy atom. The third kappa shape index (κ3) is 31.2. The van der Waals surface area contributed by atoms with E-state index in [1.807, 2.05) is 0 Å². The van der Waals surface area contributed by atoms with E-state index in [0.29, 0.717) is 34.9 Å². The van der Waals surface area contributed by atoms with Crippen molar-refractivity contribution >= 4 is 123 Å². The van der Waals surface area contributed by atoms with Crippen molar-refractivity contribution in [3.05, 3.63) is 65.9 Å². The molecule has 0 spiro atoms. The molecule has 3 aromatic rings. The Labute approximate surface area is 676 Å². The lowest BCUT2D eigenvalue weighted by molar-refractivity contribution is -0.145. The van der Waals surface area contributed by atoms with Crippen LogP contribution in [0, 0.1) is 5.41 Å². The third-order valence-corrected chi connectivity index (χ3v) is 19.4. The molecule has 2 fully saturated rings. The predicted molar refractivity (Wildman–Crippen MR) is 415 cm³/mol. The van der Waals surface area contributed by atoms with E-state index in [4.69, 9.17) is 28.3 Å². The maximum Gasteiger partial charge on any atom is 0.326 e. The van der Waals surface area contributed by atoms with Gasteiger partial charge in [-0.2, -0.15) is 0 Å². The van der Waals surface area contributed by atoms with Gasteiger partial charge in [0.1, 0.15) is 78.3 Å². The first kappa shape index (κ1) is 96.0. The number of fused-ring (bicyclic) bond motifs is 1. The minimum Gasteiger partial charge on any atom is -0.508 e. The summed E-state index contributed by atoms with van der Waals surface area (Å²) in [5.74, 6) is -20.0. The Morgan fingerprint density at radius 3 is 1.54 bits per heavy atom. The van der Waals surface area contributed by atoms with Crippen molar-refractivity contribution in [1.82, 2.24) is 78.6 Å². The molecule has 14 atom stereocenters. The van der Waals surface area contributed by atoms with Gasteiger partial charge in [-0.25, -0.2) is 4.79 Å². The quantitative estimate of drug-likeness (QED) is 0.0142. The fourth-order valence-electron chi connectivity index (χ4n) is 13.0. The maximum atomic E-state index is 14.6. The molecule has 2 aliphatic heterocycles. The number of primary amides is 1. The van der Waals surface area contributed by atoms with Crippen molar-refractivity contribution in [2.24, 2.45) is 22.9 Å². The number of aromatic nitrogens is 1. The molecule has 1 aromatic heterocycles. The van der Waals surface area contributed by atoms with Gasteiger partial charge in [0.2, 0.25) is 82.7 Å². The zero-order chi connectivity index (χ0) is 87.6. The number of amides is 14. The van der Waals surface area contributed by atoms with Crippen LogP contribution in [-0.2, 0) is 99.1 Å². The fourth-order valence-corrected chi connectivity index (χ4v) is 13.0. The highest BCUT2D eigenvalue weighted by Gasteiger charge is 2.44. The van der Waals surface area contributed by atoms with E-state index in [-0.39, 0.29) is 103 Å². The van der Waals surface area contributed by atoms with Gasteiger partial charge in [-0.15, -0.1) is 0 Å². The summed E-state index contributed by atoms with van der Waals surface area (Å²) in [5.41, 5.74) is 24.0. The first-order valence-electron chi connectivity index (χ1n) is 38.4. The van der Waals surface area contributed by atoms with Crippen LogP contribution < -0.4 is 86.7 Å². The standard InChI is InChI=1S/C74H108N20O24/c1-37(83-56(98)36-82-64(108)47(22-26-57(99)100)88-69(113)54-16-10-32-94(54)72(116)60(39(3)95)92-67(111)49(24-28-59(103)104)87-66(110)46(14-8-30-80-74(78)79)86-63(107)44(76)21-25-55(77)97)61(105)85-48(23-27-58(101)102)65(109)84-38(2)62(106)89-50(13-6-7-29-75)71(115)93-31-9-15-53(93)70(114)90-51(34-41-35-81-45-12-5-4-11-43(41)45)68(112)91-52(73(117)118)33-40-17-19-42(96)20-18-40/h4-5,11-12,17-20,35,37-39,44,46-54,60,81,95-96H,6-10,13-16,21-34,36,75-76H2,1-3H3,(H2,77,97)(H,82,108)(H,83,98)(H,84,109)(H,85,105)(H,86,107)(H,87,110)(H,88,113)(H,89,106)(H,90,114)(H,91,112)(H,92,111)(H,99,100)(H,101,102)(H,103,104)(H,117,118)(H4,78,79,80)/t37-,38-,39+,44-,46-,47-,48-,49-,50-,51-,52-,53-,54-,60-/m0/s1. The van der Waals surface area contributed by atoms with Gasteiger partial charge in [-0.3, -0.25) is 86.9 Å². The van der Waals surface area contributed by atoms with Crippen LogP contribution in [0.1, 0.15) is 141 Å². The Balaban J connectivity index is 1.22. The lowest BCUT2D eigenvalue weighted by Gasteiger charge is -2.32. The van der Waals surface area contributed by atoms with Crippen LogP contribution in [-0.4, -0.2) is 275 Å². The summed E-state index contributed by atoms with van der Waals surface area (Å²) in [7, 11) is 0. The number of aromatic amines is 1. The van der Waals surface area contributed by atoms with Gasteiger partial charge in [0, 0.05) is 75.3 Å². The number of carboxylic acids is 4. The van der Waals surface area contributed by atoms with E-state index >= 15 is 0 Å². The first-order valence-corrected chi connectivity index (χ1v) is 38.4. The van der Waals surface area contributed by atoms with Crippen molar-refractivity contribution in [1.29, 1.82) is 5.41 Å². The Kier molecular flexibility index (Phi) is 38.6. The van der Waals surface area contributed by atoms with Crippen molar-refractivity contribution in [2.75, 3.05) is 32.7 Å². The SMILES string of the molecule is C[C@H](NC(=O)CNC(=O)[C@H](CCC(=O)O)NC(=O)[C@@H]1CCCN1C(=O)[C@@H](NC(=O)[C@H](CCC(=O)O)NC(=O)[C@H](CCCNC(=N)N)NC(=O)[C@@H](N)CCC(N)=O)[C@@H](C)O)C(=O)N[C@@H](CCC(=O)O)C(=O)N[C@@H](C)C(=O)N[C@@H](CCCCN)C(=O)N1CCC[C@H]1C(=O)N[C@@H](Cc1c[nH]c2ccccc12)C(=O)N[C@@H](Cc1ccc(O)cc1)C(=O)O. The number of rotatable bonds is 50. The number of nitrogens with zero attached hydrogens (tertiary/aromatic N) is 2. The number of carboxylic acid groups (broad SMARTS) is 4. The summed E-state index contributed by atoms with van der Waals surface area (Å²) >= 11 is 0. The van der Waals surface area contributed by atoms with Crippen LogP contribution in [0.4, 0.5) is 0 Å². The topological polar surface area (TPSA) is 723 Å². The monoisotopic (exact) mass is 1660 g/mol. The Morgan fingerprint density at radius 1 is 0.508 bits per heavy atom. The number of phenols is 1. The van der Waals surface area contributed by atoms with Gasteiger partial charge >= 0.3 is 23.9 Å². The highest BCUT2D eigenvalue weighted by atomic mass is 16.4. The number of para-hydroxylation sites is 1. The molecule has 2 aliphatic rings. The van der Waals surface area contributed by atoms with Gasteiger partial charge in [-0.1, -0.05) is 30.3 Å². The largest absolute Gasteiger partial charge is 0.508 e. The molecular weight excluding hydrogens is 1550 g/mol. The smallest absolute Gasteiger partial charge is 0.326 e. The van der Waals surface area contributed by atoms with Crippen LogP contribution >= 0.6 is 0 Å². The molecule has 0 bridgehead atoms. The fraction of sp³-hybridized carbons (Fsp3) is 0.554. The number of nitrogens with one attached hydrogen (secondary N) is 14. The predicted octanol–water partition coefficient (Wildman–Crippen LogP) is -6.31. The molecule has 118 heavy (non-hydrogen) atoms. The van der Waals surface area contributed by atoms with Crippen molar-refractivity contribution < 1.29 is 117 Å². The summed E-state index contributed by atoms with van der Waals surface area (Å²) in [5, 5.41) is 96.8. The van der Waals surface area contributed by atoms with Gasteiger partial charge < -0.3 is 132 Å². The molecule has 2 aromatic carbocycles. The highest BCUT2D eigenvalue weighted by Crippen LogP contribution is 2.25. The number of hydrogen-bond acceptors (Lipinski definition) is 23. The van der Waals surface area contributed by atoms with Crippen molar-refractivity contribution in [3.63, 3.8) is 0 Å². The van der Waals surface area contributed by atoms with Crippen LogP contribution in [0.15, 0.2) is 54.7 Å². The molecule has 14 amide bonds. The third-order valence-electron chi connectivity index (χ3n) is 19.4. The van der Waals surface area contributed by atoms with E-state index < -0.39 is 242 Å².